The zero-order valence-electron chi connectivity index (χ0n) is 14.4. The standard InChI is InChI=1S/C21H24N2S/c1-16-21(24-18-10-4-3-5-11-18)19-12-6-7-13-20(19)23(16)15-17-9-8-14-22(17)2/h3-7,10-13,17H,8-9,14-15H2,1-2H3. The monoisotopic (exact) mass is 336 g/mol. The molecule has 1 unspecified atom stereocenters. The Kier molecular flexibility index (Phi) is 4.38. The third kappa shape index (κ3) is 2.87. The molecule has 1 atom stereocenters. The van der Waals surface area contributed by atoms with Gasteiger partial charge < -0.3 is 9.47 Å². The molecule has 1 aliphatic heterocycles. The van der Waals surface area contributed by atoms with Crippen LogP contribution in [0.1, 0.15) is 18.5 Å². The number of likely N-dealkylation sites (tertiary alicyclic amines) is 1. The molecular formula is C21H24N2S. The van der Waals surface area contributed by atoms with Crippen molar-refractivity contribution in [2.45, 2.75) is 42.1 Å². The number of para-hydroxylation sites is 1. The van der Waals surface area contributed by atoms with Crippen molar-refractivity contribution < 1.29 is 0 Å². The van der Waals surface area contributed by atoms with Crippen LogP contribution in [0.15, 0.2) is 64.4 Å². The van der Waals surface area contributed by atoms with Gasteiger partial charge in [-0.3, -0.25) is 0 Å². The molecule has 3 aromatic rings. The average molecular weight is 337 g/mol. The summed E-state index contributed by atoms with van der Waals surface area (Å²) >= 11 is 1.89. The van der Waals surface area contributed by atoms with E-state index in [-0.39, 0.29) is 0 Å². The molecule has 2 aromatic carbocycles. The van der Waals surface area contributed by atoms with Crippen molar-refractivity contribution in [2.24, 2.45) is 0 Å². The Balaban J connectivity index is 1.75. The lowest BCUT2D eigenvalue weighted by Crippen LogP contribution is -2.29. The van der Waals surface area contributed by atoms with Crippen molar-refractivity contribution in [3.8, 4) is 0 Å². The van der Waals surface area contributed by atoms with Gasteiger partial charge in [0.1, 0.15) is 0 Å². The van der Waals surface area contributed by atoms with Crippen LogP contribution in [0, 0.1) is 6.92 Å². The van der Waals surface area contributed by atoms with Crippen LogP contribution >= 0.6 is 11.8 Å². The van der Waals surface area contributed by atoms with Gasteiger partial charge in [-0.1, -0.05) is 48.2 Å². The van der Waals surface area contributed by atoms with Crippen LogP contribution in [0.2, 0.25) is 0 Å². The number of likely N-dealkylation sites (N-methyl/N-ethyl adjacent to an activating group) is 1. The minimum absolute atomic E-state index is 0.661. The molecule has 1 fully saturated rings. The lowest BCUT2D eigenvalue weighted by atomic mass is 10.2. The van der Waals surface area contributed by atoms with Crippen LogP contribution in [0.3, 0.4) is 0 Å². The van der Waals surface area contributed by atoms with E-state index in [1.54, 1.807) is 0 Å². The summed E-state index contributed by atoms with van der Waals surface area (Å²) < 4.78 is 2.53. The number of hydrogen-bond donors (Lipinski definition) is 0. The van der Waals surface area contributed by atoms with Gasteiger partial charge in [0.15, 0.2) is 0 Å². The van der Waals surface area contributed by atoms with Gasteiger partial charge in [-0.25, -0.2) is 0 Å². The van der Waals surface area contributed by atoms with E-state index >= 15 is 0 Å². The number of benzene rings is 2. The van der Waals surface area contributed by atoms with Crippen LogP contribution in [0.25, 0.3) is 10.9 Å². The molecule has 0 N–H and O–H groups in total. The number of aromatic nitrogens is 1. The van der Waals surface area contributed by atoms with Crippen LogP contribution in [0.5, 0.6) is 0 Å². The van der Waals surface area contributed by atoms with E-state index in [1.807, 2.05) is 11.8 Å². The smallest absolute Gasteiger partial charge is 0.0494 e. The number of hydrogen-bond acceptors (Lipinski definition) is 2. The van der Waals surface area contributed by atoms with Gasteiger partial charge in [0, 0.05) is 39.0 Å². The number of fused-ring (bicyclic) bond motifs is 1. The van der Waals surface area contributed by atoms with Gasteiger partial charge in [0.2, 0.25) is 0 Å². The highest BCUT2D eigenvalue weighted by molar-refractivity contribution is 7.99. The topological polar surface area (TPSA) is 8.17 Å². The highest BCUT2D eigenvalue weighted by atomic mass is 32.2. The fourth-order valence-electron chi connectivity index (χ4n) is 3.79. The fourth-order valence-corrected chi connectivity index (χ4v) is 4.86. The summed E-state index contributed by atoms with van der Waals surface area (Å²) in [5, 5.41) is 1.38. The van der Waals surface area contributed by atoms with E-state index in [9.17, 15) is 0 Å². The number of rotatable bonds is 4. The lowest BCUT2D eigenvalue weighted by molar-refractivity contribution is 0.283. The maximum absolute atomic E-state index is 2.53. The molecule has 4 rings (SSSR count). The molecule has 2 nitrogen and oxygen atoms in total. The van der Waals surface area contributed by atoms with E-state index in [0.29, 0.717) is 6.04 Å². The molecule has 0 bridgehead atoms. The Morgan fingerprint density at radius 3 is 2.54 bits per heavy atom. The van der Waals surface area contributed by atoms with Crippen molar-refractivity contribution in [1.82, 2.24) is 9.47 Å². The summed E-state index contributed by atoms with van der Waals surface area (Å²) in [6, 6.07) is 20.2. The van der Waals surface area contributed by atoms with Crippen molar-refractivity contribution in [1.29, 1.82) is 0 Å². The first-order chi connectivity index (χ1) is 11.7. The molecule has 3 heteroatoms. The van der Waals surface area contributed by atoms with Crippen LogP contribution in [-0.2, 0) is 6.54 Å². The third-order valence-electron chi connectivity index (χ3n) is 5.20. The average Bonchev–Trinajstić information content (AvgIpc) is 3.13. The van der Waals surface area contributed by atoms with E-state index in [4.69, 9.17) is 0 Å². The third-order valence-corrected chi connectivity index (χ3v) is 6.43. The minimum Gasteiger partial charge on any atom is -0.342 e. The highest BCUT2D eigenvalue weighted by Crippen LogP contribution is 2.38. The second-order valence-electron chi connectivity index (χ2n) is 6.73. The summed E-state index contributed by atoms with van der Waals surface area (Å²) in [7, 11) is 2.26. The van der Waals surface area contributed by atoms with E-state index in [1.165, 1.54) is 45.8 Å². The Bertz CT molecular complexity index is 838. The highest BCUT2D eigenvalue weighted by Gasteiger charge is 2.23. The summed E-state index contributed by atoms with van der Waals surface area (Å²) in [6.45, 7) is 4.60. The summed E-state index contributed by atoms with van der Waals surface area (Å²) in [5.41, 5.74) is 2.76. The molecule has 1 aromatic heterocycles. The predicted octanol–water partition coefficient (Wildman–Crippen LogP) is 5.20. The Hall–Kier alpha value is -1.71. The van der Waals surface area contributed by atoms with Gasteiger partial charge in [-0.2, -0.15) is 0 Å². The summed E-state index contributed by atoms with van der Waals surface area (Å²) in [5.74, 6) is 0. The van der Waals surface area contributed by atoms with Crippen molar-refractivity contribution in [2.75, 3.05) is 13.6 Å². The quantitative estimate of drug-likeness (QED) is 0.647. The number of nitrogens with zero attached hydrogens (tertiary/aromatic N) is 2. The van der Waals surface area contributed by atoms with Crippen molar-refractivity contribution in [3.63, 3.8) is 0 Å². The zero-order chi connectivity index (χ0) is 16.5. The fraction of sp³-hybridized carbons (Fsp3) is 0.333. The Morgan fingerprint density at radius 2 is 1.79 bits per heavy atom. The molecule has 2 heterocycles. The molecule has 0 aliphatic carbocycles. The molecule has 0 amide bonds. The maximum Gasteiger partial charge on any atom is 0.0494 e. The van der Waals surface area contributed by atoms with Gasteiger partial charge in [-0.15, -0.1) is 0 Å². The summed E-state index contributed by atoms with van der Waals surface area (Å²) in [6.07, 6.45) is 2.63. The summed E-state index contributed by atoms with van der Waals surface area (Å²) in [4.78, 5) is 5.22. The lowest BCUT2D eigenvalue weighted by Gasteiger charge is -2.21. The first-order valence-corrected chi connectivity index (χ1v) is 9.56. The van der Waals surface area contributed by atoms with Gasteiger partial charge in [-0.05, 0) is 51.6 Å². The van der Waals surface area contributed by atoms with Gasteiger partial charge in [0.05, 0.1) is 0 Å². The van der Waals surface area contributed by atoms with Crippen LogP contribution < -0.4 is 0 Å². The second-order valence-corrected chi connectivity index (χ2v) is 7.82. The molecule has 1 aliphatic rings. The van der Waals surface area contributed by atoms with Gasteiger partial charge >= 0.3 is 0 Å². The zero-order valence-corrected chi connectivity index (χ0v) is 15.2. The Labute approximate surface area is 148 Å². The normalized spacial score (nSPS) is 18.5. The molecule has 0 radical (unpaired) electrons. The Morgan fingerprint density at radius 1 is 1.04 bits per heavy atom. The van der Waals surface area contributed by atoms with Crippen molar-refractivity contribution >= 4 is 22.7 Å². The van der Waals surface area contributed by atoms with E-state index < -0.39 is 0 Å². The predicted molar refractivity (Wildman–Crippen MR) is 103 cm³/mol. The largest absolute Gasteiger partial charge is 0.342 e. The van der Waals surface area contributed by atoms with Gasteiger partial charge in [0.25, 0.3) is 0 Å². The maximum atomic E-state index is 2.53. The minimum atomic E-state index is 0.661. The molecule has 0 spiro atoms. The van der Waals surface area contributed by atoms with E-state index in [0.717, 1.165) is 6.54 Å². The van der Waals surface area contributed by atoms with Crippen LogP contribution in [0.4, 0.5) is 0 Å². The van der Waals surface area contributed by atoms with Crippen molar-refractivity contribution in [3.05, 3.63) is 60.3 Å². The molecule has 1 saturated heterocycles. The molecule has 24 heavy (non-hydrogen) atoms. The van der Waals surface area contributed by atoms with Crippen LogP contribution in [-0.4, -0.2) is 29.1 Å². The molecular weight excluding hydrogens is 312 g/mol. The first kappa shape index (κ1) is 15.8. The molecule has 0 saturated carbocycles. The second kappa shape index (κ2) is 6.66. The SMILES string of the molecule is Cc1c(Sc2ccccc2)c2ccccc2n1CC1CCCN1C. The van der Waals surface area contributed by atoms with E-state index in [2.05, 4.69) is 78.0 Å². The molecule has 124 valence electrons. The first-order valence-electron chi connectivity index (χ1n) is 8.75.